The first-order valence-electron chi connectivity index (χ1n) is 21.4. The van der Waals surface area contributed by atoms with E-state index in [1.165, 1.54) is 78.7 Å². The summed E-state index contributed by atoms with van der Waals surface area (Å²) in [5.41, 5.74) is 9.63. The zero-order chi connectivity index (χ0) is 40.3. The topological polar surface area (TPSA) is 6.48 Å². The van der Waals surface area contributed by atoms with Crippen molar-refractivity contribution in [2.45, 2.75) is 24.9 Å². The minimum atomic E-state index is -1.82. The van der Waals surface area contributed by atoms with Crippen LogP contribution >= 0.6 is 22.7 Å². The number of para-hydroxylation sites is 2. The van der Waals surface area contributed by atoms with E-state index >= 15 is 0 Å². The number of nitrogens with zero attached hydrogens (tertiary/aromatic N) is 2. The number of fused-ring (bicyclic) bond motifs is 7. The third-order valence-corrected chi connectivity index (χ3v) is 21.2. The van der Waals surface area contributed by atoms with Gasteiger partial charge in [0.15, 0.2) is 0 Å². The summed E-state index contributed by atoms with van der Waals surface area (Å²) in [5, 5.41) is 8.39. The first kappa shape index (κ1) is 36.4. The molecule has 2 nitrogen and oxygen atoms in total. The molecular weight excluding hydrogens is 793 g/mol. The molecule has 0 unspecified atom stereocenters. The average molecular weight is 835 g/mol. The molecule has 0 amide bonds. The van der Waals surface area contributed by atoms with Crippen molar-refractivity contribution in [2.24, 2.45) is 0 Å². The summed E-state index contributed by atoms with van der Waals surface area (Å²) in [6, 6.07) is 78.7. The maximum atomic E-state index is 2.61. The third-order valence-electron chi connectivity index (χ3n) is 13.0. The fourth-order valence-corrected chi connectivity index (χ4v) is 19.6. The zero-order valence-corrected chi connectivity index (χ0v) is 36.3. The molecule has 292 valence electrons. The van der Waals surface area contributed by atoms with Gasteiger partial charge in [-0.3, -0.25) is 0 Å². The molecule has 2 aliphatic rings. The van der Waals surface area contributed by atoms with Gasteiger partial charge in [-0.2, -0.15) is 0 Å². The van der Waals surface area contributed by atoms with Crippen molar-refractivity contribution in [2.75, 3.05) is 9.80 Å². The molecule has 4 heterocycles. The first-order chi connectivity index (χ1) is 30.2. The van der Waals surface area contributed by atoms with Gasteiger partial charge >= 0.3 is 0 Å². The molecule has 61 heavy (non-hydrogen) atoms. The van der Waals surface area contributed by atoms with Crippen LogP contribution < -0.4 is 20.2 Å². The van der Waals surface area contributed by atoms with Crippen LogP contribution in [0.4, 0.5) is 34.1 Å². The Morgan fingerprint density at radius 2 is 0.738 bits per heavy atom. The summed E-state index contributed by atoms with van der Waals surface area (Å²) in [6.07, 6.45) is 2.69. The minimum Gasteiger partial charge on any atom is -0.310 e. The van der Waals surface area contributed by atoms with Crippen molar-refractivity contribution in [1.82, 2.24) is 0 Å². The van der Waals surface area contributed by atoms with E-state index in [-0.39, 0.29) is 0 Å². The lowest BCUT2D eigenvalue weighted by molar-refractivity contribution is 0.935. The summed E-state index contributed by atoms with van der Waals surface area (Å²) in [4.78, 5) is 10.7. The summed E-state index contributed by atoms with van der Waals surface area (Å²) >= 11 is 4.05. The van der Waals surface area contributed by atoms with Gasteiger partial charge in [0.1, 0.15) is 8.07 Å². The molecule has 0 radical (unpaired) electrons. The largest absolute Gasteiger partial charge is 0.310 e. The molecule has 1 saturated heterocycles. The van der Waals surface area contributed by atoms with Gasteiger partial charge in [0, 0.05) is 53.0 Å². The number of hydrogen-bond donors (Lipinski definition) is 0. The van der Waals surface area contributed by atoms with E-state index in [0.29, 0.717) is 0 Å². The van der Waals surface area contributed by atoms with E-state index in [0.717, 1.165) is 22.7 Å². The lowest BCUT2D eigenvalue weighted by Gasteiger charge is -2.27. The zero-order valence-electron chi connectivity index (χ0n) is 33.7. The van der Waals surface area contributed by atoms with E-state index in [4.69, 9.17) is 0 Å². The molecule has 0 atom stereocenters. The molecule has 10 aromatic rings. The number of anilines is 6. The van der Waals surface area contributed by atoms with Gasteiger partial charge < -0.3 is 9.80 Å². The molecular formula is C56H42N2S2Si. The molecule has 0 bridgehead atoms. The Kier molecular flexibility index (Phi) is 8.88. The Bertz CT molecular complexity index is 2980. The van der Waals surface area contributed by atoms with Crippen LogP contribution in [0.25, 0.3) is 52.2 Å². The fraction of sp³-hybridized carbons (Fsp3) is 0.0714. The van der Waals surface area contributed by atoms with Crippen molar-refractivity contribution in [3.05, 3.63) is 206 Å². The Morgan fingerprint density at radius 3 is 1.18 bits per heavy atom. The van der Waals surface area contributed by atoms with Crippen molar-refractivity contribution >= 4 is 96.8 Å². The standard InChI is InChI=1S/C56H42N2S2Si/c1-3-19-43(20-4-1)57(49-25-13-17-39-15-7-9-23-47(39)49)45-31-27-41(28-32-45)51-37-53-55(59-51)56-54(61(53)35-11-12-36-61)38-52(60-56)42-29-33-46(34-30-42)58(44-21-5-2-6-22-44)50-26-14-18-40-16-8-10-24-48(40)50/h1-10,13-34,37-38H,11-12,35-36H2. The van der Waals surface area contributed by atoms with Crippen LogP contribution in [0, 0.1) is 0 Å². The lowest BCUT2D eigenvalue weighted by Crippen LogP contribution is -2.51. The molecule has 1 fully saturated rings. The van der Waals surface area contributed by atoms with Gasteiger partial charge in [-0.05, 0) is 117 Å². The second kappa shape index (κ2) is 14.9. The number of benzene rings is 8. The molecule has 2 aliphatic heterocycles. The molecule has 0 aliphatic carbocycles. The molecule has 2 aromatic heterocycles. The second-order valence-corrected chi connectivity index (χ2v) is 22.8. The molecule has 8 aromatic carbocycles. The highest BCUT2D eigenvalue weighted by Gasteiger charge is 2.49. The van der Waals surface area contributed by atoms with Gasteiger partial charge in [-0.25, -0.2) is 0 Å². The summed E-state index contributed by atoms with van der Waals surface area (Å²) in [6.45, 7) is 0. The number of hydrogen-bond acceptors (Lipinski definition) is 4. The van der Waals surface area contributed by atoms with Crippen LogP contribution in [0.1, 0.15) is 12.8 Å². The van der Waals surface area contributed by atoms with Crippen LogP contribution in [0.2, 0.25) is 12.1 Å². The van der Waals surface area contributed by atoms with E-state index in [1.807, 2.05) is 22.7 Å². The third kappa shape index (κ3) is 6.10. The second-order valence-electron chi connectivity index (χ2n) is 16.4. The first-order valence-corrected chi connectivity index (χ1v) is 25.4. The van der Waals surface area contributed by atoms with Crippen LogP contribution in [0.3, 0.4) is 0 Å². The fourth-order valence-electron chi connectivity index (χ4n) is 10.1. The van der Waals surface area contributed by atoms with E-state index in [1.54, 1.807) is 20.1 Å². The molecule has 5 heteroatoms. The van der Waals surface area contributed by atoms with Crippen molar-refractivity contribution < 1.29 is 0 Å². The van der Waals surface area contributed by atoms with Crippen LogP contribution in [-0.2, 0) is 0 Å². The summed E-state index contributed by atoms with van der Waals surface area (Å²) in [7, 11) is -1.82. The van der Waals surface area contributed by atoms with Gasteiger partial charge in [0.05, 0.1) is 11.4 Å². The van der Waals surface area contributed by atoms with Crippen molar-refractivity contribution in [3.8, 4) is 30.6 Å². The highest BCUT2D eigenvalue weighted by molar-refractivity contribution is 7.31. The van der Waals surface area contributed by atoms with Crippen LogP contribution in [-0.4, -0.2) is 8.07 Å². The van der Waals surface area contributed by atoms with Crippen LogP contribution in [0.5, 0.6) is 0 Å². The Labute approximate surface area is 366 Å². The predicted molar refractivity (Wildman–Crippen MR) is 267 cm³/mol. The SMILES string of the molecule is c1ccc(N(c2ccc(-c3cc4c(s3)-c3sc(-c5ccc(N(c6ccccc6)c6cccc7ccccc67)cc5)cc3[Si]43CCCC3)cc2)c2cccc3ccccc23)cc1. The monoisotopic (exact) mass is 834 g/mol. The maximum absolute atomic E-state index is 2.61. The van der Waals surface area contributed by atoms with Gasteiger partial charge in [0.2, 0.25) is 0 Å². The maximum Gasteiger partial charge on any atom is 0.122 e. The van der Waals surface area contributed by atoms with E-state index < -0.39 is 8.07 Å². The highest BCUT2D eigenvalue weighted by atomic mass is 32.1. The lowest BCUT2D eigenvalue weighted by atomic mass is 10.1. The van der Waals surface area contributed by atoms with E-state index in [2.05, 4.69) is 216 Å². The molecule has 1 spiro atoms. The minimum absolute atomic E-state index is 1.16. The predicted octanol–water partition coefficient (Wildman–Crippen LogP) is 15.7. The van der Waals surface area contributed by atoms with Crippen LogP contribution in [0.15, 0.2) is 206 Å². The molecule has 0 N–H and O–H groups in total. The Balaban J connectivity index is 0.890. The Morgan fingerprint density at radius 1 is 0.361 bits per heavy atom. The molecule has 0 saturated carbocycles. The molecule has 12 rings (SSSR count). The number of rotatable bonds is 8. The number of thiophene rings is 2. The van der Waals surface area contributed by atoms with Gasteiger partial charge in [-0.15, -0.1) is 22.7 Å². The normalized spacial score (nSPS) is 13.8. The summed E-state index contributed by atoms with van der Waals surface area (Å²) < 4.78 is 0. The smallest absolute Gasteiger partial charge is 0.122 e. The van der Waals surface area contributed by atoms with Crippen molar-refractivity contribution in [1.29, 1.82) is 0 Å². The van der Waals surface area contributed by atoms with Crippen molar-refractivity contribution in [3.63, 3.8) is 0 Å². The highest BCUT2D eigenvalue weighted by Crippen LogP contribution is 2.49. The quantitative estimate of drug-likeness (QED) is 0.141. The van der Waals surface area contributed by atoms with Gasteiger partial charge in [-0.1, -0.05) is 146 Å². The Hall–Kier alpha value is -6.50. The summed E-state index contributed by atoms with van der Waals surface area (Å²) in [5.74, 6) is 0. The van der Waals surface area contributed by atoms with Gasteiger partial charge in [0.25, 0.3) is 0 Å². The van der Waals surface area contributed by atoms with E-state index in [9.17, 15) is 0 Å². The average Bonchev–Trinajstić information content (AvgIpc) is 4.14.